The monoisotopic (exact) mass is 403 g/mol. The Balaban J connectivity index is 1.86. The van der Waals surface area contributed by atoms with Crippen LogP contribution in [0.5, 0.6) is 0 Å². The molecule has 0 radical (unpaired) electrons. The SMILES string of the molecule is Cn1c(=O)c2cn3c(c2n(C)c1=O)C(c1ccc([N+](=O)[O-])cc1)Nc1ccccc1-3. The van der Waals surface area contributed by atoms with Gasteiger partial charge in [0.2, 0.25) is 0 Å². The van der Waals surface area contributed by atoms with Crippen LogP contribution < -0.4 is 16.6 Å². The standard InChI is InChI=1S/C21H17N5O4/c1-23-18-14(20(27)24(2)21(23)28)11-25-16-6-4-3-5-15(16)22-17(19(18)25)12-7-9-13(10-8-12)26(29)30/h3-11,17,22H,1-2H3. The van der Waals surface area contributed by atoms with Crippen molar-refractivity contribution in [3.05, 3.63) is 96.9 Å². The summed E-state index contributed by atoms with van der Waals surface area (Å²) in [4.78, 5) is 36.1. The first-order valence-corrected chi connectivity index (χ1v) is 9.29. The maximum absolute atomic E-state index is 12.8. The van der Waals surface area contributed by atoms with E-state index in [1.165, 1.54) is 23.7 Å². The minimum absolute atomic E-state index is 0.00327. The summed E-state index contributed by atoms with van der Waals surface area (Å²) in [6, 6.07) is 13.5. The number of nitro groups is 1. The number of hydrogen-bond donors (Lipinski definition) is 1. The highest BCUT2D eigenvalue weighted by Crippen LogP contribution is 2.40. The van der Waals surface area contributed by atoms with Crippen molar-refractivity contribution in [2.24, 2.45) is 14.1 Å². The maximum Gasteiger partial charge on any atom is 0.331 e. The van der Waals surface area contributed by atoms with Crippen molar-refractivity contribution in [3.8, 4) is 5.69 Å². The zero-order valence-corrected chi connectivity index (χ0v) is 16.2. The average Bonchev–Trinajstić information content (AvgIpc) is 3.17. The number of rotatable bonds is 2. The normalized spacial score (nSPS) is 14.8. The zero-order chi connectivity index (χ0) is 21.2. The molecule has 4 aromatic rings. The van der Waals surface area contributed by atoms with E-state index in [1.807, 2.05) is 28.8 Å². The van der Waals surface area contributed by atoms with E-state index in [-0.39, 0.29) is 11.2 Å². The van der Waals surface area contributed by atoms with Crippen LogP contribution in [-0.2, 0) is 14.1 Å². The molecular formula is C21H17N5O4. The lowest BCUT2D eigenvalue weighted by Gasteiger charge is -2.30. The van der Waals surface area contributed by atoms with Gasteiger partial charge in [-0.25, -0.2) is 4.79 Å². The molecule has 5 rings (SSSR count). The van der Waals surface area contributed by atoms with E-state index in [0.29, 0.717) is 10.9 Å². The van der Waals surface area contributed by atoms with Gasteiger partial charge in [-0.1, -0.05) is 12.1 Å². The number of benzene rings is 2. The molecule has 2 aromatic heterocycles. The molecule has 0 bridgehead atoms. The van der Waals surface area contributed by atoms with Crippen LogP contribution in [0.3, 0.4) is 0 Å². The van der Waals surface area contributed by atoms with E-state index in [9.17, 15) is 19.7 Å². The predicted molar refractivity (Wildman–Crippen MR) is 112 cm³/mol. The number of nitrogens with one attached hydrogen (secondary N) is 1. The van der Waals surface area contributed by atoms with Crippen molar-refractivity contribution in [3.63, 3.8) is 0 Å². The largest absolute Gasteiger partial charge is 0.371 e. The molecule has 1 aliphatic heterocycles. The average molecular weight is 403 g/mol. The first-order valence-electron chi connectivity index (χ1n) is 9.29. The smallest absolute Gasteiger partial charge is 0.331 e. The van der Waals surface area contributed by atoms with Gasteiger partial charge in [0, 0.05) is 32.4 Å². The Bertz CT molecular complexity index is 1460. The summed E-state index contributed by atoms with van der Waals surface area (Å²) in [6.07, 6.45) is 1.75. The highest BCUT2D eigenvalue weighted by Gasteiger charge is 2.30. The van der Waals surface area contributed by atoms with E-state index in [1.54, 1.807) is 25.4 Å². The van der Waals surface area contributed by atoms with Crippen molar-refractivity contribution in [2.45, 2.75) is 6.04 Å². The Morgan fingerprint density at radius 1 is 1.00 bits per heavy atom. The molecule has 150 valence electrons. The fourth-order valence-corrected chi connectivity index (χ4v) is 4.14. The molecule has 0 aliphatic carbocycles. The summed E-state index contributed by atoms with van der Waals surface area (Å²) in [6.45, 7) is 0. The molecule has 0 saturated heterocycles. The summed E-state index contributed by atoms with van der Waals surface area (Å²) < 4.78 is 4.48. The maximum atomic E-state index is 12.8. The number of para-hydroxylation sites is 2. The van der Waals surface area contributed by atoms with Crippen molar-refractivity contribution in [2.75, 3.05) is 5.32 Å². The Kier molecular flexibility index (Phi) is 3.69. The van der Waals surface area contributed by atoms with E-state index in [2.05, 4.69) is 5.32 Å². The fourth-order valence-electron chi connectivity index (χ4n) is 4.14. The Morgan fingerprint density at radius 2 is 1.70 bits per heavy atom. The van der Waals surface area contributed by atoms with Crippen molar-refractivity contribution < 1.29 is 4.92 Å². The molecule has 1 unspecified atom stereocenters. The molecular weight excluding hydrogens is 386 g/mol. The molecule has 0 fully saturated rings. The Hall–Kier alpha value is -4.14. The van der Waals surface area contributed by atoms with Gasteiger partial charge < -0.3 is 9.88 Å². The lowest BCUT2D eigenvalue weighted by molar-refractivity contribution is -0.384. The van der Waals surface area contributed by atoms with Crippen LogP contribution in [0.4, 0.5) is 11.4 Å². The van der Waals surface area contributed by atoms with Crippen LogP contribution in [0, 0.1) is 10.1 Å². The molecule has 0 amide bonds. The van der Waals surface area contributed by atoms with Gasteiger partial charge in [-0.05, 0) is 29.8 Å². The van der Waals surface area contributed by atoms with Crippen molar-refractivity contribution >= 4 is 22.3 Å². The van der Waals surface area contributed by atoms with Crippen molar-refractivity contribution in [1.82, 2.24) is 13.7 Å². The van der Waals surface area contributed by atoms with Crippen LogP contribution in [-0.4, -0.2) is 18.6 Å². The Morgan fingerprint density at radius 3 is 2.40 bits per heavy atom. The Labute approximate surface area is 169 Å². The van der Waals surface area contributed by atoms with Crippen LogP contribution in [0.15, 0.2) is 64.3 Å². The second kappa shape index (κ2) is 6.18. The molecule has 30 heavy (non-hydrogen) atoms. The van der Waals surface area contributed by atoms with Gasteiger partial charge >= 0.3 is 5.69 Å². The number of anilines is 1. The lowest BCUT2D eigenvalue weighted by Crippen LogP contribution is -2.37. The zero-order valence-electron chi connectivity index (χ0n) is 16.2. The molecule has 9 nitrogen and oxygen atoms in total. The third-order valence-electron chi connectivity index (χ3n) is 5.63. The van der Waals surface area contributed by atoms with Crippen LogP contribution in [0.2, 0.25) is 0 Å². The van der Waals surface area contributed by atoms with Gasteiger partial charge in [0.15, 0.2) is 0 Å². The van der Waals surface area contributed by atoms with Gasteiger partial charge in [-0.3, -0.25) is 24.0 Å². The highest BCUT2D eigenvalue weighted by molar-refractivity contribution is 5.86. The lowest BCUT2D eigenvalue weighted by atomic mass is 9.99. The number of aromatic nitrogens is 3. The molecule has 0 spiro atoms. The second-order valence-corrected chi connectivity index (χ2v) is 7.30. The quantitative estimate of drug-likeness (QED) is 0.409. The number of nitro benzene ring substituents is 1. The third kappa shape index (κ3) is 2.35. The second-order valence-electron chi connectivity index (χ2n) is 7.30. The molecule has 1 aliphatic rings. The molecule has 1 N–H and O–H groups in total. The first-order chi connectivity index (χ1) is 14.4. The molecule has 3 heterocycles. The number of nitrogens with zero attached hydrogens (tertiary/aromatic N) is 4. The first kappa shape index (κ1) is 17.9. The van der Waals surface area contributed by atoms with E-state index in [0.717, 1.165) is 27.2 Å². The third-order valence-corrected chi connectivity index (χ3v) is 5.63. The van der Waals surface area contributed by atoms with Gasteiger partial charge in [0.1, 0.15) is 0 Å². The molecule has 0 saturated carbocycles. The summed E-state index contributed by atoms with van der Waals surface area (Å²) in [7, 11) is 3.10. The minimum Gasteiger partial charge on any atom is -0.371 e. The fraction of sp³-hybridized carbons (Fsp3) is 0.143. The number of non-ortho nitro benzene ring substituents is 1. The van der Waals surface area contributed by atoms with Crippen LogP contribution >= 0.6 is 0 Å². The van der Waals surface area contributed by atoms with Gasteiger partial charge in [-0.2, -0.15) is 0 Å². The van der Waals surface area contributed by atoms with Crippen LogP contribution in [0.1, 0.15) is 17.3 Å². The molecule has 9 heteroatoms. The van der Waals surface area contributed by atoms with E-state index < -0.39 is 16.7 Å². The summed E-state index contributed by atoms with van der Waals surface area (Å²) in [5.41, 5.74) is 2.98. The number of fused-ring (bicyclic) bond motifs is 5. The van der Waals surface area contributed by atoms with E-state index >= 15 is 0 Å². The predicted octanol–water partition coefficient (Wildman–Crippen LogP) is 2.45. The molecule has 1 atom stereocenters. The van der Waals surface area contributed by atoms with Crippen LogP contribution in [0.25, 0.3) is 16.6 Å². The number of hydrogen-bond acceptors (Lipinski definition) is 5. The highest BCUT2D eigenvalue weighted by atomic mass is 16.6. The van der Waals surface area contributed by atoms with Gasteiger partial charge in [0.25, 0.3) is 11.2 Å². The summed E-state index contributed by atoms with van der Waals surface area (Å²) in [5.74, 6) is 0. The van der Waals surface area contributed by atoms with Crippen molar-refractivity contribution in [1.29, 1.82) is 0 Å². The van der Waals surface area contributed by atoms with E-state index in [4.69, 9.17) is 0 Å². The summed E-state index contributed by atoms with van der Waals surface area (Å²) in [5, 5.41) is 14.9. The minimum atomic E-state index is -0.446. The summed E-state index contributed by atoms with van der Waals surface area (Å²) >= 11 is 0. The number of aryl methyl sites for hydroxylation is 1. The van der Waals surface area contributed by atoms with Gasteiger partial charge in [0.05, 0.1) is 38.9 Å². The molecule has 2 aromatic carbocycles. The van der Waals surface area contributed by atoms with Gasteiger partial charge in [-0.15, -0.1) is 0 Å². The topological polar surface area (TPSA) is 104 Å².